The van der Waals surface area contributed by atoms with Gasteiger partial charge in [0.15, 0.2) is 0 Å². The zero-order chi connectivity index (χ0) is 22.4. The maximum atomic E-state index is 12.9. The van der Waals surface area contributed by atoms with Crippen LogP contribution in [-0.2, 0) is 10.0 Å². The summed E-state index contributed by atoms with van der Waals surface area (Å²) >= 11 is 0. The first-order valence-electron chi connectivity index (χ1n) is 10.3. The lowest BCUT2D eigenvalue weighted by Crippen LogP contribution is -2.32. The number of anilines is 1. The van der Waals surface area contributed by atoms with Gasteiger partial charge in [-0.25, -0.2) is 8.42 Å². The normalized spacial score (nSPS) is 11.6. The van der Waals surface area contributed by atoms with Gasteiger partial charge in [-0.15, -0.1) is 0 Å². The van der Waals surface area contributed by atoms with Crippen LogP contribution in [0.4, 0.5) is 5.69 Å². The first-order valence-corrected chi connectivity index (χ1v) is 11.8. The van der Waals surface area contributed by atoms with Crippen molar-refractivity contribution in [2.24, 2.45) is 0 Å². The summed E-state index contributed by atoms with van der Waals surface area (Å²) in [7, 11) is -3.57. The van der Waals surface area contributed by atoms with Gasteiger partial charge >= 0.3 is 0 Å². The number of sulfonamides is 1. The van der Waals surface area contributed by atoms with E-state index in [1.54, 1.807) is 19.1 Å². The van der Waals surface area contributed by atoms with Gasteiger partial charge in [0, 0.05) is 24.3 Å². The lowest BCUT2D eigenvalue weighted by atomic mass is 10.1. The summed E-state index contributed by atoms with van der Waals surface area (Å²) in [6.45, 7) is 6.54. The molecule has 1 aromatic heterocycles. The predicted molar refractivity (Wildman–Crippen MR) is 120 cm³/mol. The van der Waals surface area contributed by atoms with Crippen molar-refractivity contribution in [2.45, 2.75) is 38.5 Å². The van der Waals surface area contributed by atoms with E-state index in [4.69, 9.17) is 4.52 Å². The SMILES string of the molecule is CCCN(CCC)S(=O)(=O)c1ccc(NC(=O)c2c(-c3ccccc3)noc2C)cc1. The molecule has 164 valence electrons. The lowest BCUT2D eigenvalue weighted by Gasteiger charge is -2.21. The number of rotatable bonds is 9. The molecule has 0 fully saturated rings. The molecule has 0 aliphatic rings. The van der Waals surface area contributed by atoms with Gasteiger partial charge in [-0.05, 0) is 44.0 Å². The molecule has 0 radical (unpaired) electrons. The molecule has 0 spiro atoms. The van der Waals surface area contributed by atoms with E-state index in [1.165, 1.54) is 16.4 Å². The second-order valence-corrected chi connectivity index (χ2v) is 9.15. The number of carbonyl (C=O) groups is 1. The van der Waals surface area contributed by atoms with Crippen LogP contribution in [0.25, 0.3) is 11.3 Å². The van der Waals surface area contributed by atoms with Crippen LogP contribution in [0.3, 0.4) is 0 Å². The molecule has 1 heterocycles. The number of nitrogens with one attached hydrogen (secondary N) is 1. The van der Waals surface area contributed by atoms with E-state index in [-0.39, 0.29) is 10.8 Å². The number of aromatic nitrogens is 1. The van der Waals surface area contributed by atoms with Gasteiger partial charge < -0.3 is 9.84 Å². The Kier molecular flexibility index (Phi) is 7.25. The van der Waals surface area contributed by atoms with Crippen molar-refractivity contribution in [3.05, 3.63) is 65.9 Å². The first kappa shape index (κ1) is 22.7. The maximum absolute atomic E-state index is 12.9. The van der Waals surface area contributed by atoms with E-state index < -0.39 is 10.0 Å². The molecule has 0 unspecified atom stereocenters. The van der Waals surface area contributed by atoms with Crippen molar-refractivity contribution < 1.29 is 17.7 Å². The van der Waals surface area contributed by atoms with Gasteiger partial charge in [0.25, 0.3) is 5.91 Å². The molecule has 0 aliphatic heterocycles. The number of carbonyl (C=O) groups excluding carboxylic acids is 1. The van der Waals surface area contributed by atoms with Gasteiger partial charge in [-0.2, -0.15) is 4.31 Å². The molecule has 31 heavy (non-hydrogen) atoms. The Labute approximate surface area is 183 Å². The molecule has 8 heteroatoms. The Hall–Kier alpha value is -2.97. The Morgan fingerprint density at radius 1 is 1.00 bits per heavy atom. The summed E-state index contributed by atoms with van der Waals surface area (Å²) in [5, 5.41) is 6.83. The molecule has 3 aromatic rings. The van der Waals surface area contributed by atoms with Crippen molar-refractivity contribution in [1.29, 1.82) is 0 Å². The fraction of sp³-hybridized carbons (Fsp3) is 0.304. The molecule has 1 amide bonds. The minimum absolute atomic E-state index is 0.207. The summed E-state index contributed by atoms with van der Waals surface area (Å²) in [5.74, 6) is 0.0390. The van der Waals surface area contributed by atoms with Gasteiger partial charge in [0.2, 0.25) is 10.0 Å². The van der Waals surface area contributed by atoms with Crippen molar-refractivity contribution in [3.8, 4) is 11.3 Å². The standard InChI is InChI=1S/C23H27N3O4S/c1-4-15-26(16-5-2)31(28,29)20-13-11-19(12-14-20)24-23(27)21-17(3)30-25-22(21)18-9-7-6-8-10-18/h6-14H,4-5,15-16H2,1-3H3,(H,24,27). The Morgan fingerprint density at radius 3 is 2.19 bits per heavy atom. The third kappa shape index (κ3) is 5.03. The third-order valence-corrected chi connectivity index (χ3v) is 6.75. The van der Waals surface area contributed by atoms with E-state index in [9.17, 15) is 13.2 Å². The quantitative estimate of drug-likeness (QED) is 0.519. The van der Waals surface area contributed by atoms with Crippen LogP contribution in [0.15, 0.2) is 64.0 Å². The molecule has 1 N–H and O–H groups in total. The highest BCUT2D eigenvalue weighted by Crippen LogP contribution is 2.26. The summed E-state index contributed by atoms with van der Waals surface area (Å²) in [6.07, 6.45) is 1.49. The van der Waals surface area contributed by atoms with E-state index in [0.29, 0.717) is 35.8 Å². The number of nitrogens with zero attached hydrogens (tertiary/aromatic N) is 2. The molecule has 0 aliphatic carbocycles. The minimum Gasteiger partial charge on any atom is -0.360 e. The molecule has 3 rings (SSSR count). The second kappa shape index (κ2) is 9.89. The molecule has 0 bridgehead atoms. The fourth-order valence-corrected chi connectivity index (χ4v) is 4.96. The van der Waals surface area contributed by atoms with E-state index in [0.717, 1.165) is 18.4 Å². The second-order valence-electron chi connectivity index (χ2n) is 7.21. The molecular weight excluding hydrogens is 414 g/mol. The summed E-state index contributed by atoms with van der Waals surface area (Å²) in [6, 6.07) is 15.5. The predicted octanol–water partition coefficient (Wildman–Crippen LogP) is 4.71. The maximum Gasteiger partial charge on any atom is 0.261 e. The van der Waals surface area contributed by atoms with Crippen LogP contribution in [0.1, 0.15) is 42.8 Å². The number of hydrogen-bond donors (Lipinski definition) is 1. The fourth-order valence-electron chi connectivity index (χ4n) is 3.34. The van der Waals surface area contributed by atoms with Crippen LogP contribution in [0.5, 0.6) is 0 Å². The molecule has 0 atom stereocenters. The largest absolute Gasteiger partial charge is 0.360 e. The number of amides is 1. The first-order chi connectivity index (χ1) is 14.9. The minimum atomic E-state index is -3.57. The van der Waals surface area contributed by atoms with Crippen LogP contribution in [0.2, 0.25) is 0 Å². The van der Waals surface area contributed by atoms with Gasteiger partial charge in [0.1, 0.15) is 17.0 Å². The lowest BCUT2D eigenvalue weighted by molar-refractivity contribution is 0.102. The summed E-state index contributed by atoms with van der Waals surface area (Å²) < 4.78 is 32.5. The monoisotopic (exact) mass is 441 g/mol. The Balaban J connectivity index is 1.81. The molecule has 0 saturated heterocycles. The molecule has 0 saturated carbocycles. The van der Waals surface area contributed by atoms with Crippen molar-refractivity contribution in [1.82, 2.24) is 9.46 Å². The zero-order valence-corrected chi connectivity index (χ0v) is 18.8. The summed E-state index contributed by atoms with van der Waals surface area (Å²) in [5.41, 5.74) is 2.07. The van der Waals surface area contributed by atoms with Gasteiger partial charge in [-0.3, -0.25) is 4.79 Å². The highest BCUT2D eigenvalue weighted by atomic mass is 32.2. The van der Waals surface area contributed by atoms with Crippen molar-refractivity contribution in [2.75, 3.05) is 18.4 Å². The molecule has 2 aromatic carbocycles. The van der Waals surface area contributed by atoms with Crippen LogP contribution in [-0.4, -0.2) is 36.9 Å². The molecule has 7 nitrogen and oxygen atoms in total. The smallest absolute Gasteiger partial charge is 0.261 e. The molecular formula is C23H27N3O4S. The van der Waals surface area contributed by atoms with Gasteiger partial charge in [-0.1, -0.05) is 49.3 Å². The number of benzene rings is 2. The van der Waals surface area contributed by atoms with Crippen LogP contribution < -0.4 is 5.32 Å². The highest BCUT2D eigenvalue weighted by Gasteiger charge is 2.24. The van der Waals surface area contributed by atoms with Crippen molar-refractivity contribution >= 4 is 21.6 Å². The van der Waals surface area contributed by atoms with E-state index >= 15 is 0 Å². The number of hydrogen-bond acceptors (Lipinski definition) is 5. The third-order valence-electron chi connectivity index (χ3n) is 4.83. The average molecular weight is 442 g/mol. The number of aryl methyl sites for hydroxylation is 1. The van der Waals surface area contributed by atoms with E-state index in [1.807, 2.05) is 44.2 Å². The van der Waals surface area contributed by atoms with Crippen LogP contribution in [0, 0.1) is 6.92 Å². The topological polar surface area (TPSA) is 92.5 Å². The van der Waals surface area contributed by atoms with Gasteiger partial charge in [0.05, 0.1) is 4.90 Å². The Bertz CT molecular complexity index is 1120. The zero-order valence-electron chi connectivity index (χ0n) is 18.0. The van der Waals surface area contributed by atoms with Crippen molar-refractivity contribution in [3.63, 3.8) is 0 Å². The Morgan fingerprint density at radius 2 is 1.61 bits per heavy atom. The highest BCUT2D eigenvalue weighted by molar-refractivity contribution is 7.89. The van der Waals surface area contributed by atoms with Crippen LogP contribution >= 0.6 is 0 Å². The summed E-state index contributed by atoms with van der Waals surface area (Å²) in [4.78, 5) is 13.1. The average Bonchev–Trinajstić information content (AvgIpc) is 3.16. The van der Waals surface area contributed by atoms with E-state index in [2.05, 4.69) is 10.5 Å².